The van der Waals surface area contributed by atoms with Crippen LogP contribution >= 0.6 is 0 Å². The van der Waals surface area contributed by atoms with Gasteiger partial charge in [-0.1, -0.05) is 0 Å². The van der Waals surface area contributed by atoms with Crippen molar-refractivity contribution in [3.05, 3.63) is 24.7 Å². The molecule has 22 heavy (non-hydrogen) atoms. The molecule has 0 radical (unpaired) electrons. The van der Waals surface area contributed by atoms with E-state index in [0.29, 0.717) is 0 Å². The molecule has 7 nitrogen and oxygen atoms in total. The Kier molecular flexibility index (Phi) is 4.04. The third-order valence-electron chi connectivity index (χ3n) is 3.74. The predicted molar refractivity (Wildman–Crippen MR) is 82.7 cm³/mol. The minimum atomic E-state index is -0.285. The van der Waals surface area contributed by atoms with Gasteiger partial charge in [0.05, 0.1) is 5.52 Å². The molecule has 3 rings (SSSR count). The van der Waals surface area contributed by atoms with Gasteiger partial charge >= 0.3 is 6.09 Å². The fraction of sp³-hybridized carbons (Fsp3) is 0.467. The molecule has 2 aromatic heterocycles. The summed E-state index contributed by atoms with van der Waals surface area (Å²) in [6, 6.07) is 1.86. The Bertz CT molecular complexity index is 663. The molecule has 116 valence electrons. The third-order valence-corrected chi connectivity index (χ3v) is 3.74. The van der Waals surface area contributed by atoms with Crippen LogP contribution in [0.15, 0.2) is 24.7 Å². The molecule has 0 saturated carbocycles. The van der Waals surface area contributed by atoms with E-state index in [1.807, 2.05) is 6.07 Å². The van der Waals surface area contributed by atoms with Crippen molar-refractivity contribution in [1.82, 2.24) is 19.9 Å². The average Bonchev–Trinajstić information content (AvgIpc) is 2.55. The van der Waals surface area contributed by atoms with Crippen LogP contribution in [0.1, 0.15) is 12.8 Å². The van der Waals surface area contributed by atoms with Gasteiger partial charge in [0.1, 0.15) is 11.6 Å². The molecule has 1 aliphatic rings. The molecule has 0 spiro atoms. The predicted octanol–water partition coefficient (Wildman–Crippen LogP) is 1.69. The molecule has 1 aliphatic heterocycles. The first-order valence-electron chi connectivity index (χ1n) is 7.34. The summed E-state index contributed by atoms with van der Waals surface area (Å²) in [6.45, 7) is 1.57. The molecule has 1 saturated heterocycles. The summed E-state index contributed by atoms with van der Waals surface area (Å²) in [4.78, 5) is 28.4. The minimum Gasteiger partial charge on any atom is -0.446 e. The van der Waals surface area contributed by atoms with Gasteiger partial charge in [-0.3, -0.25) is 4.98 Å². The van der Waals surface area contributed by atoms with Crippen molar-refractivity contribution in [3.63, 3.8) is 0 Å². The lowest BCUT2D eigenvalue weighted by atomic mass is 10.1. The van der Waals surface area contributed by atoms with Crippen LogP contribution in [-0.4, -0.2) is 59.2 Å². The largest absolute Gasteiger partial charge is 0.446 e. The SMILES string of the molecule is CN(C)C(=O)OC1CCN(c2nccc3nccnc23)CC1. The van der Waals surface area contributed by atoms with E-state index < -0.39 is 0 Å². The van der Waals surface area contributed by atoms with E-state index in [9.17, 15) is 4.79 Å². The van der Waals surface area contributed by atoms with Gasteiger partial charge in [-0.05, 0) is 6.07 Å². The Labute approximate surface area is 128 Å². The van der Waals surface area contributed by atoms with Gasteiger partial charge in [0, 0.05) is 58.6 Å². The van der Waals surface area contributed by atoms with Gasteiger partial charge in [0.2, 0.25) is 0 Å². The lowest BCUT2D eigenvalue weighted by Crippen LogP contribution is -2.39. The molecule has 0 aromatic carbocycles. The van der Waals surface area contributed by atoms with Crippen LogP contribution in [0.25, 0.3) is 11.0 Å². The summed E-state index contributed by atoms with van der Waals surface area (Å²) in [5.41, 5.74) is 1.65. The summed E-state index contributed by atoms with van der Waals surface area (Å²) >= 11 is 0. The van der Waals surface area contributed by atoms with Crippen LogP contribution in [0.5, 0.6) is 0 Å². The number of anilines is 1. The van der Waals surface area contributed by atoms with E-state index in [0.717, 1.165) is 42.8 Å². The van der Waals surface area contributed by atoms with Gasteiger partial charge < -0.3 is 14.5 Å². The molecule has 0 N–H and O–H groups in total. The van der Waals surface area contributed by atoms with Crippen LogP contribution in [0, 0.1) is 0 Å². The molecule has 3 heterocycles. The zero-order valence-electron chi connectivity index (χ0n) is 12.8. The third kappa shape index (κ3) is 2.93. The summed E-state index contributed by atoms with van der Waals surface area (Å²) in [5.74, 6) is 0.850. The molecular formula is C15H19N5O2. The molecule has 2 aromatic rings. The minimum absolute atomic E-state index is 0.0350. The second-order valence-corrected chi connectivity index (χ2v) is 5.52. The number of carbonyl (C=O) groups excluding carboxylic acids is 1. The van der Waals surface area contributed by atoms with Crippen LogP contribution < -0.4 is 4.90 Å². The monoisotopic (exact) mass is 301 g/mol. The number of piperidine rings is 1. The number of hydrogen-bond acceptors (Lipinski definition) is 6. The second-order valence-electron chi connectivity index (χ2n) is 5.52. The second kappa shape index (κ2) is 6.13. The van der Waals surface area contributed by atoms with Crippen LogP contribution in [0.3, 0.4) is 0 Å². The van der Waals surface area contributed by atoms with E-state index in [4.69, 9.17) is 4.74 Å². The summed E-state index contributed by atoms with van der Waals surface area (Å²) in [5, 5.41) is 0. The summed E-state index contributed by atoms with van der Waals surface area (Å²) in [7, 11) is 3.38. The van der Waals surface area contributed by atoms with Crippen molar-refractivity contribution >= 4 is 22.9 Å². The van der Waals surface area contributed by atoms with Crippen molar-refractivity contribution in [3.8, 4) is 0 Å². The molecule has 0 bridgehead atoms. The van der Waals surface area contributed by atoms with Crippen molar-refractivity contribution in [2.75, 3.05) is 32.1 Å². The highest BCUT2D eigenvalue weighted by molar-refractivity contribution is 5.85. The molecular weight excluding hydrogens is 282 g/mol. The number of rotatable bonds is 2. The smallest absolute Gasteiger partial charge is 0.409 e. The maximum atomic E-state index is 11.6. The molecule has 0 unspecified atom stereocenters. The first kappa shape index (κ1) is 14.5. The zero-order valence-corrected chi connectivity index (χ0v) is 12.8. The number of hydrogen-bond donors (Lipinski definition) is 0. The first-order valence-corrected chi connectivity index (χ1v) is 7.34. The molecule has 0 atom stereocenters. The maximum absolute atomic E-state index is 11.6. The van der Waals surface area contributed by atoms with Gasteiger partial charge in [-0.15, -0.1) is 0 Å². The highest BCUT2D eigenvalue weighted by Crippen LogP contribution is 2.24. The van der Waals surface area contributed by atoms with Gasteiger partial charge in [0.15, 0.2) is 5.82 Å². The van der Waals surface area contributed by atoms with Gasteiger partial charge in [0.25, 0.3) is 0 Å². The Morgan fingerprint density at radius 2 is 1.91 bits per heavy atom. The van der Waals surface area contributed by atoms with Crippen LogP contribution in [0.2, 0.25) is 0 Å². The Morgan fingerprint density at radius 3 is 2.64 bits per heavy atom. The summed E-state index contributed by atoms with van der Waals surface area (Å²) < 4.78 is 5.44. The zero-order chi connectivity index (χ0) is 15.5. The number of fused-ring (bicyclic) bond motifs is 1. The first-order chi connectivity index (χ1) is 10.6. The maximum Gasteiger partial charge on any atom is 0.409 e. The fourth-order valence-electron chi connectivity index (χ4n) is 2.55. The van der Waals surface area contributed by atoms with E-state index >= 15 is 0 Å². The fourth-order valence-corrected chi connectivity index (χ4v) is 2.55. The lowest BCUT2D eigenvalue weighted by molar-refractivity contribution is 0.0625. The molecule has 7 heteroatoms. The van der Waals surface area contributed by atoms with Crippen molar-refractivity contribution < 1.29 is 9.53 Å². The molecule has 1 fully saturated rings. The van der Waals surface area contributed by atoms with Crippen LogP contribution in [0.4, 0.5) is 10.6 Å². The molecule has 1 amide bonds. The lowest BCUT2D eigenvalue weighted by Gasteiger charge is -2.33. The van der Waals surface area contributed by atoms with E-state index in [2.05, 4.69) is 19.9 Å². The Hall–Kier alpha value is -2.44. The topological polar surface area (TPSA) is 71.5 Å². The van der Waals surface area contributed by atoms with Crippen molar-refractivity contribution in [1.29, 1.82) is 0 Å². The number of amides is 1. The summed E-state index contributed by atoms with van der Waals surface area (Å²) in [6.07, 6.45) is 6.37. The number of ether oxygens (including phenoxy) is 1. The van der Waals surface area contributed by atoms with E-state index in [1.165, 1.54) is 4.90 Å². The standard InChI is InChI=1S/C15H19N5O2/c1-19(2)15(21)22-11-4-9-20(10-5-11)14-13-12(3-6-18-14)16-7-8-17-13/h3,6-8,11H,4-5,9-10H2,1-2H3. The van der Waals surface area contributed by atoms with E-state index in [1.54, 1.807) is 32.7 Å². The molecule has 0 aliphatic carbocycles. The van der Waals surface area contributed by atoms with Crippen molar-refractivity contribution in [2.45, 2.75) is 18.9 Å². The number of pyridine rings is 1. The normalized spacial score (nSPS) is 15.8. The number of aromatic nitrogens is 3. The Morgan fingerprint density at radius 1 is 1.18 bits per heavy atom. The van der Waals surface area contributed by atoms with Gasteiger partial charge in [-0.25, -0.2) is 14.8 Å². The average molecular weight is 301 g/mol. The number of nitrogens with zero attached hydrogens (tertiary/aromatic N) is 5. The van der Waals surface area contributed by atoms with Crippen molar-refractivity contribution in [2.24, 2.45) is 0 Å². The number of carbonyl (C=O) groups is 1. The van der Waals surface area contributed by atoms with Crippen LogP contribution in [-0.2, 0) is 4.74 Å². The highest BCUT2D eigenvalue weighted by atomic mass is 16.6. The highest BCUT2D eigenvalue weighted by Gasteiger charge is 2.24. The quantitative estimate of drug-likeness (QED) is 0.840. The van der Waals surface area contributed by atoms with Gasteiger partial charge in [-0.2, -0.15) is 0 Å². The van der Waals surface area contributed by atoms with E-state index in [-0.39, 0.29) is 12.2 Å². The Balaban J connectivity index is 1.69.